The van der Waals surface area contributed by atoms with Crippen LogP contribution < -0.4 is 15.4 Å². The van der Waals surface area contributed by atoms with Gasteiger partial charge in [0.25, 0.3) is 0 Å². The Balaban J connectivity index is 1.34. The molecule has 3 heterocycles. The number of ether oxygens (including phenoxy) is 3. The van der Waals surface area contributed by atoms with Crippen LogP contribution in [0.15, 0.2) is 41.3 Å². The Morgan fingerprint density at radius 3 is 2.52 bits per heavy atom. The van der Waals surface area contributed by atoms with Crippen LogP contribution in [0, 0.1) is 5.92 Å². The molecule has 4 aliphatic rings. The van der Waals surface area contributed by atoms with Crippen molar-refractivity contribution < 1.29 is 51.7 Å². The molecular formula is C36H44N4O11S. The van der Waals surface area contributed by atoms with Crippen molar-refractivity contribution >= 4 is 50.6 Å². The predicted octanol–water partition coefficient (Wildman–Crippen LogP) is 3.29. The SMILES string of the molecule is COC(=O)[C@@]12CC1C=CCCCCC[C@H](NC(=O)OC1CCCC1)C(=O)N1C[C@H](Oc3cc(C(=O)O)nc4c(S(C)(=O)=O)cccc34)C[C@H]1C(=O)N2. The number of benzene rings is 1. The number of fused-ring (bicyclic) bond motifs is 3. The maximum Gasteiger partial charge on any atom is 0.408 e. The van der Waals surface area contributed by atoms with Crippen LogP contribution in [0.2, 0.25) is 0 Å². The van der Waals surface area contributed by atoms with E-state index < -0.39 is 69.1 Å². The standard InChI is InChI=1S/C36H44N4O11S/c1-49-34(45)36-19-21(36)11-6-4-3-5-7-15-25(38-35(46)51-22-12-8-9-13-22)32(42)40-20-23(17-27(40)31(41)39-36)50-28-18-26(33(43)44)37-30-24(28)14-10-16-29(30)52(2,47)48/h6,10-11,14,16,18,21-23,25,27H,3-5,7-9,12-13,15,17,19-20H2,1-2H3,(H,38,46)(H,39,41)(H,43,44)/t21?,23-,25+,27+,36-/m1/s1. The number of carbonyl (C=O) groups is 5. The number of aromatic nitrogens is 1. The van der Waals surface area contributed by atoms with E-state index in [0.29, 0.717) is 19.3 Å². The van der Waals surface area contributed by atoms with Crippen molar-refractivity contribution in [3.05, 3.63) is 42.1 Å². The summed E-state index contributed by atoms with van der Waals surface area (Å²) in [7, 11) is -2.58. The maximum absolute atomic E-state index is 14.4. The summed E-state index contributed by atoms with van der Waals surface area (Å²) in [6, 6.07) is 3.34. The van der Waals surface area contributed by atoms with Gasteiger partial charge in [-0.15, -0.1) is 0 Å². The van der Waals surface area contributed by atoms with Gasteiger partial charge in [-0.25, -0.2) is 27.8 Å². The fourth-order valence-electron chi connectivity index (χ4n) is 7.53. The molecule has 3 N–H and O–H groups in total. The van der Waals surface area contributed by atoms with E-state index in [9.17, 15) is 37.5 Å². The number of esters is 1. The largest absolute Gasteiger partial charge is 0.488 e. The summed E-state index contributed by atoms with van der Waals surface area (Å²) < 4.78 is 42.2. The predicted molar refractivity (Wildman–Crippen MR) is 185 cm³/mol. The van der Waals surface area contributed by atoms with Crippen LogP contribution in [0.5, 0.6) is 5.75 Å². The number of amides is 3. The number of nitrogens with one attached hydrogen (secondary N) is 2. The molecule has 5 atom stereocenters. The Labute approximate surface area is 301 Å². The van der Waals surface area contributed by atoms with E-state index >= 15 is 0 Å². The van der Waals surface area contributed by atoms with Crippen molar-refractivity contribution in [3.63, 3.8) is 0 Å². The van der Waals surface area contributed by atoms with Crippen LogP contribution in [-0.4, -0.2) is 103 Å². The molecular weight excluding hydrogens is 696 g/mol. The molecule has 0 spiro atoms. The number of carbonyl (C=O) groups excluding carboxylic acids is 4. The van der Waals surface area contributed by atoms with Gasteiger partial charge < -0.3 is 34.9 Å². The van der Waals surface area contributed by atoms with E-state index in [4.69, 9.17) is 14.2 Å². The van der Waals surface area contributed by atoms with Gasteiger partial charge in [-0.2, -0.15) is 0 Å². The lowest BCUT2D eigenvalue weighted by atomic mass is 10.0. The van der Waals surface area contributed by atoms with E-state index in [1.807, 2.05) is 12.2 Å². The Kier molecular flexibility index (Phi) is 10.7. The van der Waals surface area contributed by atoms with E-state index in [1.54, 1.807) is 6.07 Å². The second kappa shape index (κ2) is 15.1. The molecule has 1 aromatic heterocycles. The third kappa shape index (κ3) is 7.86. The lowest BCUT2D eigenvalue weighted by molar-refractivity contribution is -0.148. The molecule has 2 aromatic rings. The van der Waals surface area contributed by atoms with E-state index in [1.165, 1.54) is 30.2 Å². The smallest absolute Gasteiger partial charge is 0.408 e. The quantitative estimate of drug-likeness (QED) is 0.276. The first-order valence-electron chi connectivity index (χ1n) is 17.7. The van der Waals surface area contributed by atoms with Gasteiger partial charge in [0.15, 0.2) is 15.5 Å². The van der Waals surface area contributed by atoms with Crippen molar-refractivity contribution in [1.29, 1.82) is 0 Å². The first-order chi connectivity index (χ1) is 24.8. The van der Waals surface area contributed by atoms with E-state index in [-0.39, 0.29) is 46.5 Å². The number of hydrogen-bond donors (Lipinski definition) is 3. The van der Waals surface area contributed by atoms with Crippen LogP contribution in [-0.2, 0) is 33.7 Å². The number of allylic oxidation sites excluding steroid dienone is 1. The van der Waals surface area contributed by atoms with Crippen molar-refractivity contribution in [3.8, 4) is 5.75 Å². The lowest BCUT2D eigenvalue weighted by Gasteiger charge is -2.29. The number of methoxy groups -OCH3 is 1. The highest BCUT2D eigenvalue weighted by Crippen LogP contribution is 2.46. The van der Waals surface area contributed by atoms with Gasteiger partial charge >= 0.3 is 18.0 Å². The minimum atomic E-state index is -3.82. The zero-order chi connectivity index (χ0) is 37.2. The van der Waals surface area contributed by atoms with Crippen LogP contribution >= 0.6 is 0 Å². The highest BCUT2D eigenvalue weighted by Gasteiger charge is 2.62. The van der Waals surface area contributed by atoms with E-state index in [0.717, 1.165) is 51.2 Å². The fourth-order valence-corrected chi connectivity index (χ4v) is 8.36. The molecule has 3 amide bonds. The zero-order valence-corrected chi connectivity index (χ0v) is 30.0. The zero-order valence-electron chi connectivity index (χ0n) is 29.2. The first-order valence-corrected chi connectivity index (χ1v) is 19.6. The summed E-state index contributed by atoms with van der Waals surface area (Å²) in [6.45, 7) is -0.140. The molecule has 1 aromatic carbocycles. The molecule has 2 aliphatic carbocycles. The number of alkyl carbamates (subject to hydrolysis) is 1. The summed E-state index contributed by atoms with van der Waals surface area (Å²) in [5.74, 6) is -3.47. The van der Waals surface area contributed by atoms with Crippen molar-refractivity contribution in [1.82, 2.24) is 20.5 Å². The van der Waals surface area contributed by atoms with Crippen LogP contribution in [0.4, 0.5) is 4.79 Å². The van der Waals surface area contributed by atoms with Crippen LogP contribution in [0.1, 0.15) is 81.1 Å². The highest BCUT2D eigenvalue weighted by atomic mass is 32.2. The third-order valence-corrected chi connectivity index (χ3v) is 11.5. The molecule has 16 heteroatoms. The van der Waals surface area contributed by atoms with Gasteiger partial charge in [0.2, 0.25) is 11.8 Å². The summed E-state index contributed by atoms with van der Waals surface area (Å²) in [5.41, 5.74) is -1.86. The van der Waals surface area contributed by atoms with Crippen molar-refractivity contribution in [2.45, 2.75) is 105 Å². The highest BCUT2D eigenvalue weighted by molar-refractivity contribution is 7.91. The number of hydrogen-bond acceptors (Lipinski definition) is 11. The second-order valence-corrected chi connectivity index (χ2v) is 16.0. The molecule has 2 saturated carbocycles. The summed E-state index contributed by atoms with van der Waals surface area (Å²) in [5, 5.41) is 15.7. The van der Waals surface area contributed by atoms with Gasteiger partial charge in [0, 0.05) is 30.0 Å². The molecule has 1 saturated heterocycles. The Morgan fingerprint density at radius 1 is 1.06 bits per heavy atom. The number of pyridine rings is 1. The molecule has 1 unspecified atom stereocenters. The molecule has 52 heavy (non-hydrogen) atoms. The van der Waals surface area contributed by atoms with Crippen LogP contribution in [0.25, 0.3) is 10.9 Å². The van der Waals surface area contributed by atoms with Gasteiger partial charge in [-0.05, 0) is 63.5 Å². The minimum absolute atomic E-state index is 0.00161. The second-order valence-electron chi connectivity index (χ2n) is 14.1. The van der Waals surface area contributed by atoms with Crippen molar-refractivity contribution in [2.24, 2.45) is 5.92 Å². The van der Waals surface area contributed by atoms with E-state index in [2.05, 4.69) is 15.6 Å². The van der Waals surface area contributed by atoms with Gasteiger partial charge in [0.05, 0.1) is 24.1 Å². The Hall–Kier alpha value is -4.73. The number of nitrogens with zero attached hydrogens (tertiary/aromatic N) is 2. The molecule has 280 valence electrons. The normalized spacial score (nSPS) is 27.1. The summed E-state index contributed by atoms with van der Waals surface area (Å²) >= 11 is 0. The molecule has 0 radical (unpaired) electrons. The lowest BCUT2D eigenvalue weighted by Crippen LogP contribution is -2.56. The number of para-hydroxylation sites is 1. The van der Waals surface area contributed by atoms with Gasteiger partial charge in [-0.1, -0.05) is 31.1 Å². The average Bonchev–Trinajstić information content (AvgIpc) is 3.38. The molecule has 6 rings (SSSR count). The number of aromatic carboxylic acids is 1. The van der Waals surface area contributed by atoms with Gasteiger partial charge in [-0.3, -0.25) is 9.59 Å². The third-order valence-electron chi connectivity index (χ3n) is 10.3. The molecule has 15 nitrogen and oxygen atoms in total. The number of carboxylic acids is 1. The van der Waals surface area contributed by atoms with Crippen LogP contribution in [0.3, 0.4) is 0 Å². The molecule has 0 bridgehead atoms. The number of sulfone groups is 1. The van der Waals surface area contributed by atoms with Crippen molar-refractivity contribution in [2.75, 3.05) is 19.9 Å². The summed E-state index contributed by atoms with van der Waals surface area (Å²) in [4.78, 5) is 71.9. The summed E-state index contributed by atoms with van der Waals surface area (Å²) in [6.07, 6.45) is 9.91. The fraction of sp³-hybridized carbons (Fsp3) is 0.556. The Bertz CT molecular complexity index is 1890. The average molecular weight is 741 g/mol. The first kappa shape index (κ1) is 37.0. The topological polar surface area (TPSA) is 208 Å². The minimum Gasteiger partial charge on any atom is -0.488 e. The number of rotatable bonds is 7. The Morgan fingerprint density at radius 2 is 1.81 bits per heavy atom. The monoisotopic (exact) mass is 740 g/mol. The van der Waals surface area contributed by atoms with Gasteiger partial charge in [0.1, 0.15) is 35.6 Å². The molecule has 3 fully saturated rings. The molecule has 2 aliphatic heterocycles. The maximum atomic E-state index is 14.4. The number of carboxylic acid groups (broad SMARTS) is 1.